The second kappa shape index (κ2) is 5.13. The van der Waals surface area contributed by atoms with Gasteiger partial charge in [0, 0.05) is 5.56 Å². The Kier molecular flexibility index (Phi) is 3.10. The molecule has 1 aliphatic rings. The second-order valence-corrected chi connectivity index (χ2v) is 6.13. The third-order valence-corrected chi connectivity index (χ3v) is 4.70. The van der Waals surface area contributed by atoms with Crippen LogP contribution in [0.25, 0.3) is 22.3 Å². The van der Waals surface area contributed by atoms with E-state index in [1.165, 1.54) is 41.5 Å². The zero-order valence-corrected chi connectivity index (χ0v) is 12.8. The Labute approximate surface area is 129 Å². The standard InChI is InChI=1S/C18H20N4/c1-11-7-5-6-8-12(11)16-14-10-4-2-3-9-13(14)15-17(19)21-22-18(15)20-16/h5-8H,2-4,9-10H2,1H3,(H3,19,20,21,22). The molecular formula is C18H20N4. The predicted molar refractivity (Wildman–Crippen MR) is 89.7 cm³/mol. The number of H-pyrrole nitrogens is 1. The monoisotopic (exact) mass is 292 g/mol. The summed E-state index contributed by atoms with van der Waals surface area (Å²) in [6.07, 6.45) is 5.84. The van der Waals surface area contributed by atoms with Crippen LogP contribution in [-0.2, 0) is 12.8 Å². The maximum Gasteiger partial charge on any atom is 0.158 e. The lowest BCUT2D eigenvalue weighted by Gasteiger charge is -2.15. The zero-order chi connectivity index (χ0) is 15.1. The van der Waals surface area contributed by atoms with Gasteiger partial charge in [-0.2, -0.15) is 5.10 Å². The van der Waals surface area contributed by atoms with Crippen molar-refractivity contribution in [1.29, 1.82) is 0 Å². The molecule has 0 radical (unpaired) electrons. The minimum absolute atomic E-state index is 0.581. The van der Waals surface area contributed by atoms with E-state index in [1.807, 2.05) is 0 Å². The number of anilines is 1. The predicted octanol–water partition coefficient (Wildman–Crippen LogP) is 3.78. The van der Waals surface area contributed by atoms with Crippen LogP contribution < -0.4 is 5.73 Å². The van der Waals surface area contributed by atoms with Gasteiger partial charge >= 0.3 is 0 Å². The maximum absolute atomic E-state index is 6.09. The van der Waals surface area contributed by atoms with Crippen molar-refractivity contribution >= 4 is 16.9 Å². The third-order valence-electron chi connectivity index (χ3n) is 4.70. The minimum Gasteiger partial charge on any atom is -0.382 e. The van der Waals surface area contributed by atoms with E-state index in [2.05, 4.69) is 41.4 Å². The molecular weight excluding hydrogens is 272 g/mol. The van der Waals surface area contributed by atoms with E-state index in [0.717, 1.165) is 29.6 Å². The Bertz CT molecular complexity index is 848. The number of aryl methyl sites for hydroxylation is 2. The van der Waals surface area contributed by atoms with Crippen LogP contribution >= 0.6 is 0 Å². The van der Waals surface area contributed by atoms with Gasteiger partial charge in [0.15, 0.2) is 11.5 Å². The molecule has 3 N–H and O–H groups in total. The van der Waals surface area contributed by atoms with E-state index in [1.54, 1.807) is 0 Å². The molecule has 22 heavy (non-hydrogen) atoms. The molecule has 4 nitrogen and oxygen atoms in total. The van der Waals surface area contributed by atoms with E-state index in [0.29, 0.717) is 5.82 Å². The minimum atomic E-state index is 0.581. The van der Waals surface area contributed by atoms with E-state index >= 15 is 0 Å². The molecule has 0 bridgehead atoms. The number of aromatic amines is 1. The Morgan fingerprint density at radius 1 is 1.05 bits per heavy atom. The van der Waals surface area contributed by atoms with Crippen LogP contribution in [-0.4, -0.2) is 15.2 Å². The lowest BCUT2D eigenvalue weighted by molar-refractivity contribution is 0.712. The van der Waals surface area contributed by atoms with E-state index in [4.69, 9.17) is 10.7 Å². The van der Waals surface area contributed by atoms with Crippen LogP contribution in [0.15, 0.2) is 24.3 Å². The van der Waals surface area contributed by atoms with Gasteiger partial charge in [-0.25, -0.2) is 4.98 Å². The summed E-state index contributed by atoms with van der Waals surface area (Å²) in [4.78, 5) is 4.88. The van der Waals surface area contributed by atoms with Crippen molar-refractivity contribution in [3.05, 3.63) is 41.0 Å². The molecule has 112 valence electrons. The molecule has 0 fully saturated rings. The van der Waals surface area contributed by atoms with Crippen molar-refractivity contribution in [2.75, 3.05) is 5.73 Å². The van der Waals surface area contributed by atoms with Gasteiger partial charge in [0.2, 0.25) is 0 Å². The number of aromatic nitrogens is 3. The number of hydrogen-bond acceptors (Lipinski definition) is 3. The first-order chi connectivity index (χ1) is 10.8. The second-order valence-electron chi connectivity index (χ2n) is 6.13. The largest absolute Gasteiger partial charge is 0.382 e. The van der Waals surface area contributed by atoms with Crippen molar-refractivity contribution in [3.63, 3.8) is 0 Å². The number of rotatable bonds is 1. The SMILES string of the molecule is Cc1ccccc1-c1nc2[nH]nc(N)c2c2c1CCCCC2. The zero-order valence-electron chi connectivity index (χ0n) is 12.8. The summed E-state index contributed by atoms with van der Waals surface area (Å²) in [7, 11) is 0. The maximum atomic E-state index is 6.09. The highest BCUT2D eigenvalue weighted by Gasteiger charge is 2.21. The molecule has 4 rings (SSSR count). The average Bonchev–Trinajstić information content (AvgIpc) is 2.74. The van der Waals surface area contributed by atoms with Crippen molar-refractivity contribution < 1.29 is 0 Å². The number of nitrogens with one attached hydrogen (secondary N) is 1. The van der Waals surface area contributed by atoms with Crippen molar-refractivity contribution in [1.82, 2.24) is 15.2 Å². The van der Waals surface area contributed by atoms with Gasteiger partial charge in [-0.3, -0.25) is 5.10 Å². The molecule has 0 saturated heterocycles. The van der Waals surface area contributed by atoms with Crippen LogP contribution in [0.1, 0.15) is 36.0 Å². The average molecular weight is 292 g/mol. The molecule has 2 aromatic heterocycles. The van der Waals surface area contributed by atoms with Gasteiger partial charge in [0.1, 0.15) is 0 Å². The summed E-state index contributed by atoms with van der Waals surface area (Å²) in [6.45, 7) is 2.14. The Hall–Kier alpha value is -2.36. The number of nitrogens with zero attached hydrogens (tertiary/aromatic N) is 2. The molecule has 0 atom stereocenters. The fourth-order valence-corrected chi connectivity index (χ4v) is 3.58. The van der Waals surface area contributed by atoms with Crippen molar-refractivity contribution in [2.24, 2.45) is 0 Å². The summed E-state index contributed by atoms with van der Waals surface area (Å²) < 4.78 is 0. The molecule has 0 aliphatic heterocycles. The fourth-order valence-electron chi connectivity index (χ4n) is 3.58. The van der Waals surface area contributed by atoms with Gasteiger partial charge in [0.25, 0.3) is 0 Å². The molecule has 1 aliphatic carbocycles. The topological polar surface area (TPSA) is 67.6 Å². The van der Waals surface area contributed by atoms with Crippen LogP contribution in [0.4, 0.5) is 5.82 Å². The molecule has 0 saturated carbocycles. The van der Waals surface area contributed by atoms with Gasteiger partial charge in [0.05, 0.1) is 11.1 Å². The fraction of sp³-hybridized carbons (Fsp3) is 0.333. The molecule has 0 amide bonds. The number of nitrogen functional groups attached to an aromatic ring is 1. The third kappa shape index (κ3) is 1.98. The number of benzene rings is 1. The number of pyridine rings is 1. The summed E-state index contributed by atoms with van der Waals surface area (Å²) in [5.74, 6) is 0.581. The van der Waals surface area contributed by atoms with Gasteiger partial charge < -0.3 is 5.73 Å². The lowest BCUT2D eigenvalue weighted by atomic mass is 9.93. The first-order valence-corrected chi connectivity index (χ1v) is 7.97. The molecule has 4 heteroatoms. The summed E-state index contributed by atoms with van der Waals surface area (Å²) in [6, 6.07) is 8.46. The Balaban J connectivity index is 2.07. The molecule has 0 unspecified atom stereocenters. The van der Waals surface area contributed by atoms with Gasteiger partial charge in [-0.05, 0) is 49.3 Å². The van der Waals surface area contributed by atoms with Crippen molar-refractivity contribution in [3.8, 4) is 11.3 Å². The highest BCUT2D eigenvalue weighted by Crippen LogP contribution is 2.36. The van der Waals surface area contributed by atoms with E-state index in [-0.39, 0.29) is 0 Å². The van der Waals surface area contributed by atoms with E-state index < -0.39 is 0 Å². The molecule has 3 aromatic rings. The summed E-state index contributed by atoms with van der Waals surface area (Å²) in [5.41, 5.74) is 13.2. The number of nitrogens with two attached hydrogens (primary N) is 1. The highest BCUT2D eigenvalue weighted by molar-refractivity contribution is 5.93. The number of fused-ring (bicyclic) bond motifs is 3. The summed E-state index contributed by atoms with van der Waals surface area (Å²) in [5, 5.41) is 8.22. The lowest BCUT2D eigenvalue weighted by Crippen LogP contribution is -2.01. The smallest absolute Gasteiger partial charge is 0.158 e. The molecule has 2 heterocycles. The van der Waals surface area contributed by atoms with Crippen LogP contribution in [0.2, 0.25) is 0 Å². The Morgan fingerprint density at radius 3 is 2.64 bits per heavy atom. The molecule has 1 aromatic carbocycles. The highest BCUT2D eigenvalue weighted by atomic mass is 15.2. The van der Waals surface area contributed by atoms with E-state index in [9.17, 15) is 0 Å². The molecule has 0 spiro atoms. The number of hydrogen-bond donors (Lipinski definition) is 2. The van der Waals surface area contributed by atoms with Gasteiger partial charge in [-0.1, -0.05) is 30.7 Å². The normalized spacial score (nSPS) is 14.8. The van der Waals surface area contributed by atoms with Crippen LogP contribution in [0.5, 0.6) is 0 Å². The first kappa shape index (κ1) is 13.3. The van der Waals surface area contributed by atoms with Gasteiger partial charge in [-0.15, -0.1) is 0 Å². The van der Waals surface area contributed by atoms with Crippen LogP contribution in [0.3, 0.4) is 0 Å². The first-order valence-electron chi connectivity index (χ1n) is 7.97. The summed E-state index contributed by atoms with van der Waals surface area (Å²) >= 11 is 0. The quantitative estimate of drug-likeness (QED) is 0.671. The van der Waals surface area contributed by atoms with Crippen molar-refractivity contribution in [2.45, 2.75) is 39.0 Å². The van der Waals surface area contributed by atoms with Crippen LogP contribution in [0, 0.1) is 6.92 Å². The Morgan fingerprint density at radius 2 is 1.82 bits per heavy atom.